The molecule has 0 aliphatic carbocycles. The minimum absolute atomic E-state index is 0.557. The highest BCUT2D eigenvalue weighted by atomic mass is 16.5. The van der Waals surface area contributed by atoms with E-state index in [1.54, 1.807) is 16.9 Å². The van der Waals surface area contributed by atoms with Crippen LogP contribution in [0.25, 0.3) is 16.7 Å². The molecule has 6 nitrogen and oxygen atoms in total. The number of isocyanates is 1. The van der Waals surface area contributed by atoms with Gasteiger partial charge in [-0.25, -0.2) is 4.79 Å². The first kappa shape index (κ1) is 14.0. The summed E-state index contributed by atoms with van der Waals surface area (Å²) in [7, 11) is 0. The Bertz CT molecular complexity index is 862. The smallest absolute Gasteiger partial charge is 0.240 e. The van der Waals surface area contributed by atoms with Crippen LogP contribution in [0.3, 0.4) is 0 Å². The molecule has 22 heavy (non-hydrogen) atoms. The molecule has 0 N–H and O–H groups in total. The maximum absolute atomic E-state index is 10.4. The number of hydrogen-bond donors (Lipinski definition) is 0. The number of carbonyl (C=O) groups excluding carboxylic acids is 1. The van der Waals surface area contributed by atoms with E-state index in [-0.39, 0.29) is 0 Å². The van der Waals surface area contributed by atoms with Crippen LogP contribution in [-0.4, -0.2) is 27.7 Å². The quantitative estimate of drug-likeness (QED) is 0.547. The van der Waals surface area contributed by atoms with E-state index in [9.17, 15) is 4.79 Å². The Hall–Kier alpha value is -2.98. The molecule has 0 radical (unpaired) electrons. The highest BCUT2D eigenvalue weighted by molar-refractivity contribution is 5.80. The van der Waals surface area contributed by atoms with E-state index in [1.807, 2.05) is 44.2 Å². The largest absolute Gasteiger partial charge is 0.494 e. The minimum Gasteiger partial charge on any atom is -0.494 e. The van der Waals surface area contributed by atoms with Crippen molar-refractivity contribution < 1.29 is 9.53 Å². The topological polar surface area (TPSA) is 69.4 Å². The number of aryl methyl sites for hydroxylation is 1. The van der Waals surface area contributed by atoms with E-state index >= 15 is 0 Å². The maximum atomic E-state index is 10.4. The number of benzene rings is 2. The molecule has 1 heterocycles. The molecule has 0 atom stereocenters. The zero-order valence-electron chi connectivity index (χ0n) is 12.3. The van der Waals surface area contributed by atoms with E-state index in [0.717, 1.165) is 22.5 Å². The van der Waals surface area contributed by atoms with Crippen molar-refractivity contribution in [3.63, 3.8) is 0 Å². The molecule has 0 unspecified atom stereocenters. The molecule has 0 saturated heterocycles. The fraction of sp³-hybridized carbons (Fsp3) is 0.188. The predicted octanol–water partition coefficient (Wildman–Crippen LogP) is 3.09. The second kappa shape index (κ2) is 5.79. The van der Waals surface area contributed by atoms with Crippen LogP contribution < -0.4 is 4.74 Å². The van der Waals surface area contributed by atoms with Crippen LogP contribution in [-0.2, 0) is 4.79 Å². The summed E-state index contributed by atoms with van der Waals surface area (Å²) in [6.45, 7) is 4.44. The molecule has 0 fully saturated rings. The van der Waals surface area contributed by atoms with Crippen LogP contribution in [0.1, 0.15) is 12.5 Å². The molecule has 3 rings (SSSR count). The van der Waals surface area contributed by atoms with Gasteiger partial charge in [-0.3, -0.25) is 0 Å². The molecule has 0 bridgehead atoms. The molecular formula is C16H14N4O2. The molecule has 0 spiro atoms. The minimum atomic E-state index is 0.557. The van der Waals surface area contributed by atoms with Crippen LogP contribution in [0.4, 0.5) is 5.69 Å². The van der Waals surface area contributed by atoms with Gasteiger partial charge in [0.15, 0.2) is 0 Å². The molecule has 0 saturated carbocycles. The van der Waals surface area contributed by atoms with E-state index in [2.05, 4.69) is 15.2 Å². The molecule has 0 aliphatic heterocycles. The average Bonchev–Trinajstić information content (AvgIpc) is 2.92. The van der Waals surface area contributed by atoms with Gasteiger partial charge in [0.25, 0.3) is 0 Å². The van der Waals surface area contributed by atoms with Gasteiger partial charge in [-0.05, 0) is 55.8 Å². The lowest BCUT2D eigenvalue weighted by molar-refractivity contribution is 0.340. The van der Waals surface area contributed by atoms with Crippen LogP contribution in [0, 0.1) is 6.92 Å². The maximum Gasteiger partial charge on any atom is 0.240 e. The zero-order valence-corrected chi connectivity index (χ0v) is 12.3. The van der Waals surface area contributed by atoms with Crippen molar-refractivity contribution in [3.8, 4) is 11.4 Å². The third-order valence-electron chi connectivity index (χ3n) is 3.24. The summed E-state index contributed by atoms with van der Waals surface area (Å²) in [5.41, 5.74) is 3.67. The van der Waals surface area contributed by atoms with Gasteiger partial charge in [0.05, 0.1) is 18.0 Å². The van der Waals surface area contributed by atoms with Crippen molar-refractivity contribution in [3.05, 3.63) is 42.0 Å². The third-order valence-corrected chi connectivity index (χ3v) is 3.24. The van der Waals surface area contributed by atoms with Gasteiger partial charge in [-0.1, -0.05) is 0 Å². The van der Waals surface area contributed by atoms with E-state index in [1.165, 1.54) is 0 Å². The molecule has 0 amide bonds. The lowest BCUT2D eigenvalue weighted by atomic mass is 10.2. The first-order valence-electron chi connectivity index (χ1n) is 6.90. The number of fused-ring (bicyclic) bond motifs is 1. The van der Waals surface area contributed by atoms with Crippen LogP contribution in [0.2, 0.25) is 0 Å². The lowest BCUT2D eigenvalue weighted by Gasteiger charge is -2.03. The SMILES string of the molecule is CCOc1ccc(-n2nc3cc(C)c(N=C=O)cc3n2)cc1. The molecule has 0 aliphatic rings. The fourth-order valence-electron chi connectivity index (χ4n) is 2.18. The standard InChI is InChI=1S/C16H14N4O2/c1-3-22-13-6-4-12(5-7-13)20-18-15-8-11(2)14(17-10-21)9-16(15)19-20/h4-9H,3H2,1-2H3. The van der Waals surface area contributed by atoms with E-state index in [0.29, 0.717) is 17.8 Å². The van der Waals surface area contributed by atoms with Crippen molar-refractivity contribution in [2.24, 2.45) is 4.99 Å². The zero-order chi connectivity index (χ0) is 15.5. The van der Waals surface area contributed by atoms with Crippen molar-refractivity contribution >= 4 is 22.8 Å². The first-order chi connectivity index (χ1) is 10.7. The Kier molecular flexibility index (Phi) is 3.68. The van der Waals surface area contributed by atoms with Gasteiger partial charge >= 0.3 is 0 Å². The first-order valence-corrected chi connectivity index (χ1v) is 6.90. The lowest BCUT2D eigenvalue weighted by Crippen LogP contribution is -1.98. The van der Waals surface area contributed by atoms with E-state index < -0.39 is 0 Å². The number of hydrogen-bond acceptors (Lipinski definition) is 5. The van der Waals surface area contributed by atoms with Gasteiger partial charge in [-0.2, -0.15) is 9.79 Å². The van der Waals surface area contributed by atoms with E-state index in [4.69, 9.17) is 4.74 Å². The number of rotatable bonds is 4. The Labute approximate surface area is 127 Å². The summed E-state index contributed by atoms with van der Waals surface area (Å²) in [5.74, 6) is 0.807. The highest BCUT2D eigenvalue weighted by Gasteiger charge is 2.08. The number of ether oxygens (including phenoxy) is 1. The van der Waals surface area contributed by atoms with Gasteiger partial charge in [0, 0.05) is 0 Å². The Morgan fingerprint density at radius 2 is 1.86 bits per heavy atom. The van der Waals surface area contributed by atoms with Crippen molar-refractivity contribution in [1.29, 1.82) is 0 Å². The molecule has 2 aromatic carbocycles. The second-order valence-electron chi connectivity index (χ2n) is 4.75. The van der Waals surface area contributed by atoms with Crippen molar-refractivity contribution in [2.75, 3.05) is 6.61 Å². The summed E-state index contributed by atoms with van der Waals surface area (Å²) in [6.07, 6.45) is 1.55. The summed E-state index contributed by atoms with van der Waals surface area (Å²) in [6, 6.07) is 11.1. The van der Waals surface area contributed by atoms with Gasteiger partial charge in [-0.15, -0.1) is 10.2 Å². The third kappa shape index (κ3) is 2.60. The second-order valence-corrected chi connectivity index (χ2v) is 4.75. The molecule has 110 valence electrons. The van der Waals surface area contributed by atoms with Gasteiger partial charge in [0.2, 0.25) is 6.08 Å². The molecule has 3 aromatic rings. The highest BCUT2D eigenvalue weighted by Crippen LogP contribution is 2.24. The van der Waals surface area contributed by atoms with Crippen molar-refractivity contribution in [2.45, 2.75) is 13.8 Å². The van der Waals surface area contributed by atoms with Crippen LogP contribution in [0.15, 0.2) is 41.4 Å². The normalized spacial score (nSPS) is 10.5. The predicted molar refractivity (Wildman–Crippen MR) is 82.6 cm³/mol. The molecule has 6 heteroatoms. The number of aliphatic imine (C=N–C) groups is 1. The van der Waals surface area contributed by atoms with Crippen LogP contribution >= 0.6 is 0 Å². The fourth-order valence-corrected chi connectivity index (χ4v) is 2.18. The number of aromatic nitrogens is 3. The van der Waals surface area contributed by atoms with Crippen LogP contribution in [0.5, 0.6) is 5.75 Å². The Morgan fingerprint density at radius 1 is 1.18 bits per heavy atom. The van der Waals surface area contributed by atoms with Gasteiger partial charge < -0.3 is 4.74 Å². The Morgan fingerprint density at radius 3 is 2.50 bits per heavy atom. The number of nitrogens with zero attached hydrogens (tertiary/aromatic N) is 4. The summed E-state index contributed by atoms with van der Waals surface area (Å²) in [4.78, 5) is 15.7. The molecular weight excluding hydrogens is 280 g/mol. The Balaban J connectivity index is 2.02. The summed E-state index contributed by atoms with van der Waals surface area (Å²) in [5, 5.41) is 8.86. The van der Waals surface area contributed by atoms with Crippen molar-refractivity contribution in [1.82, 2.24) is 15.0 Å². The average molecular weight is 294 g/mol. The summed E-state index contributed by atoms with van der Waals surface area (Å²) < 4.78 is 5.42. The monoisotopic (exact) mass is 294 g/mol. The van der Waals surface area contributed by atoms with Gasteiger partial charge in [0.1, 0.15) is 16.8 Å². The summed E-state index contributed by atoms with van der Waals surface area (Å²) >= 11 is 0. The molecule has 1 aromatic heterocycles.